The zero-order chi connectivity index (χ0) is 18.7. The van der Waals surface area contributed by atoms with Gasteiger partial charge in [-0.05, 0) is 43.5 Å². The molecule has 1 fully saturated rings. The lowest BCUT2D eigenvalue weighted by atomic mass is 9.97. The normalized spacial score (nSPS) is 21.1. The molecule has 1 N–H and O–H groups in total. The summed E-state index contributed by atoms with van der Waals surface area (Å²) in [5.74, 6) is -0.922. The van der Waals surface area contributed by atoms with Crippen LogP contribution < -0.4 is 5.32 Å². The second kappa shape index (κ2) is 7.50. The first-order chi connectivity index (χ1) is 12.5. The molecule has 0 bridgehead atoms. The Morgan fingerprint density at radius 2 is 1.81 bits per heavy atom. The van der Waals surface area contributed by atoms with Gasteiger partial charge < -0.3 is 10.1 Å². The maximum Gasteiger partial charge on any atom is 0.322 e. The maximum absolute atomic E-state index is 12.9. The SMILES string of the molecule is CCOC(=O)C1(C(=O)NCc2ccc(C)cc2)CC1c1ccc(Cl)cc1. The molecule has 0 radical (unpaired) electrons. The van der Waals surface area contributed by atoms with E-state index in [1.54, 1.807) is 19.1 Å². The molecule has 136 valence electrons. The fourth-order valence-electron chi connectivity index (χ4n) is 3.24. The first-order valence-electron chi connectivity index (χ1n) is 8.74. The molecule has 0 aliphatic heterocycles. The van der Waals surface area contributed by atoms with Crippen LogP contribution in [-0.4, -0.2) is 18.5 Å². The second-order valence-electron chi connectivity index (χ2n) is 6.67. The molecule has 0 saturated heterocycles. The van der Waals surface area contributed by atoms with E-state index in [0.717, 1.165) is 16.7 Å². The highest BCUT2D eigenvalue weighted by atomic mass is 35.5. The van der Waals surface area contributed by atoms with Gasteiger partial charge in [0.2, 0.25) is 5.91 Å². The topological polar surface area (TPSA) is 55.4 Å². The van der Waals surface area contributed by atoms with Crippen molar-refractivity contribution in [3.8, 4) is 0 Å². The van der Waals surface area contributed by atoms with E-state index in [4.69, 9.17) is 16.3 Å². The van der Waals surface area contributed by atoms with Gasteiger partial charge in [-0.2, -0.15) is 0 Å². The standard InChI is InChI=1S/C21H22ClNO3/c1-3-26-20(25)21(12-18(21)16-8-10-17(22)11-9-16)19(24)23-13-15-6-4-14(2)5-7-15/h4-11,18H,3,12-13H2,1-2H3,(H,23,24). The summed E-state index contributed by atoms with van der Waals surface area (Å²) >= 11 is 5.94. The number of amides is 1. The van der Waals surface area contributed by atoms with Crippen LogP contribution in [0.2, 0.25) is 5.02 Å². The molecule has 4 nitrogen and oxygen atoms in total. The lowest BCUT2D eigenvalue weighted by Crippen LogP contribution is -2.39. The third kappa shape index (κ3) is 3.61. The van der Waals surface area contributed by atoms with Gasteiger partial charge in [0.15, 0.2) is 5.41 Å². The molecule has 5 heteroatoms. The van der Waals surface area contributed by atoms with Crippen molar-refractivity contribution in [3.05, 3.63) is 70.2 Å². The Morgan fingerprint density at radius 1 is 1.15 bits per heavy atom. The molecular weight excluding hydrogens is 350 g/mol. The molecule has 0 spiro atoms. The quantitative estimate of drug-likeness (QED) is 0.616. The molecule has 2 atom stereocenters. The van der Waals surface area contributed by atoms with Gasteiger partial charge >= 0.3 is 5.97 Å². The summed E-state index contributed by atoms with van der Waals surface area (Å²) in [5.41, 5.74) is 1.93. The Balaban J connectivity index is 1.76. The predicted octanol–water partition coefficient (Wildman–Crippen LogP) is 4.00. The molecular formula is C21H22ClNO3. The molecule has 2 aromatic rings. The summed E-state index contributed by atoms with van der Waals surface area (Å²) in [7, 11) is 0. The van der Waals surface area contributed by atoms with Gasteiger partial charge in [0.1, 0.15) is 0 Å². The number of halogens is 1. The minimum atomic E-state index is -1.14. The lowest BCUT2D eigenvalue weighted by Gasteiger charge is -2.16. The van der Waals surface area contributed by atoms with Crippen LogP contribution in [0.3, 0.4) is 0 Å². The van der Waals surface area contributed by atoms with Crippen LogP contribution in [0.15, 0.2) is 48.5 Å². The van der Waals surface area contributed by atoms with Crippen LogP contribution >= 0.6 is 11.6 Å². The Morgan fingerprint density at radius 3 is 2.42 bits per heavy atom. The van der Waals surface area contributed by atoms with Gasteiger partial charge in [0.25, 0.3) is 0 Å². The van der Waals surface area contributed by atoms with E-state index >= 15 is 0 Å². The fourth-order valence-corrected chi connectivity index (χ4v) is 3.36. The van der Waals surface area contributed by atoms with Gasteiger partial charge in [-0.15, -0.1) is 0 Å². The Kier molecular flexibility index (Phi) is 5.33. The Hall–Kier alpha value is -2.33. The van der Waals surface area contributed by atoms with Gasteiger partial charge in [0.05, 0.1) is 6.61 Å². The number of esters is 1. The van der Waals surface area contributed by atoms with E-state index in [1.807, 2.05) is 43.3 Å². The first kappa shape index (κ1) is 18.5. The Labute approximate surface area is 158 Å². The summed E-state index contributed by atoms with van der Waals surface area (Å²) in [6.45, 7) is 4.39. The van der Waals surface area contributed by atoms with Crippen molar-refractivity contribution < 1.29 is 14.3 Å². The van der Waals surface area contributed by atoms with E-state index in [1.165, 1.54) is 0 Å². The molecule has 1 aliphatic carbocycles. The van der Waals surface area contributed by atoms with Crippen molar-refractivity contribution in [1.29, 1.82) is 0 Å². The number of hydrogen-bond donors (Lipinski definition) is 1. The summed E-state index contributed by atoms with van der Waals surface area (Å²) < 4.78 is 5.21. The van der Waals surface area contributed by atoms with Gasteiger partial charge in [-0.25, -0.2) is 0 Å². The van der Waals surface area contributed by atoms with Crippen LogP contribution in [0.1, 0.15) is 36.0 Å². The number of carbonyl (C=O) groups excluding carboxylic acids is 2. The highest BCUT2D eigenvalue weighted by Gasteiger charge is 2.67. The van der Waals surface area contributed by atoms with E-state index in [0.29, 0.717) is 18.0 Å². The van der Waals surface area contributed by atoms with Crippen LogP contribution in [0.5, 0.6) is 0 Å². The van der Waals surface area contributed by atoms with Gasteiger partial charge in [-0.3, -0.25) is 9.59 Å². The molecule has 3 rings (SSSR count). The average molecular weight is 372 g/mol. The maximum atomic E-state index is 12.9. The van der Waals surface area contributed by atoms with Gasteiger partial charge in [0, 0.05) is 17.5 Å². The third-order valence-corrected chi connectivity index (χ3v) is 5.10. The number of benzene rings is 2. The van der Waals surface area contributed by atoms with E-state index < -0.39 is 11.4 Å². The van der Waals surface area contributed by atoms with E-state index in [9.17, 15) is 9.59 Å². The van der Waals surface area contributed by atoms with Crippen LogP contribution in [0.25, 0.3) is 0 Å². The first-order valence-corrected chi connectivity index (χ1v) is 9.11. The number of aryl methyl sites for hydroxylation is 1. The fraction of sp³-hybridized carbons (Fsp3) is 0.333. The minimum Gasteiger partial charge on any atom is -0.465 e. The monoisotopic (exact) mass is 371 g/mol. The highest BCUT2D eigenvalue weighted by molar-refractivity contribution is 6.30. The van der Waals surface area contributed by atoms with Crippen molar-refractivity contribution in [2.75, 3.05) is 6.61 Å². The second-order valence-corrected chi connectivity index (χ2v) is 7.10. The molecule has 2 unspecified atom stereocenters. The molecule has 0 heterocycles. The Bertz CT molecular complexity index is 801. The van der Waals surface area contributed by atoms with E-state index in [-0.39, 0.29) is 18.4 Å². The zero-order valence-electron chi connectivity index (χ0n) is 14.9. The minimum absolute atomic E-state index is 0.183. The third-order valence-electron chi connectivity index (χ3n) is 4.85. The van der Waals surface area contributed by atoms with Crippen LogP contribution in [0.4, 0.5) is 0 Å². The van der Waals surface area contributed by atoms with Gasteiger partial charge in [-0.1, -0.05) is 53.6 Å². The number of rotatable bonds is 6. The smallest absolute Gasteiger partial charge is 0.322 e. The molecule has 1 amide bonds. The molecule has 0 aromatic heterocycles. The largest absolute Gasteiger partial charge is 0.465 e. The molecule has 1 aliphatic rings. The summed E-state index contributed by atoms with van der Waals surface area (Å²) in [6.07, 6.45) is 0.452. The van der Waals surface area contributed by atoms with Crippen LogP contribution in [0, 0.1) is 12.3 Å². The van der Waals surface area contributed by atoms with Crippen molar-refractivity contribution in [1.82, 2.24) is 5.32 Å². The zero-order valence-corrected chi connectivity index (χ0v) is 15.7. The summed E-state index contributed by atoms with van der Waals surface area (Å²) in [6, 6.07) is 15.2. The van der Waals surface area contributed by atoms with E-state index in [2.05, 4.69) is 5.32 Å². The van der Waals surface area contributed by atoms with Crippen molar-refractivity contribution in [2.45, 2.75) is 32.7 Å². The average Bonchev–Trinajstić information content (AvgIpc) is 3.39. The highest BCUT2D eigenvalue weighted by Crippen LogP contribution is 2.60. The number of nitrogens with one attached hydrogen (secondary N) is 1. The molecule has 26 heavy (non-hydrogen) atoms. The molecule has 2 aromatic carbocycles. The number of ether oxygens (including phenoxy) is 1. The van der Waals surface area contributed by atoms with Crippen molar-refractivity contribution >= 4 is 23.5 Å². The lowest BCUT2D eigenvalue weighted by molar-refractivity contribution is -0.154. The number of hydrogen-bond acceptors (Lipinski definition) is 3. The summed E-state index contributed by atoms with van der Waals surface area (Å²) in [4.78, 5) is 25.5. The van der Waals surface area contributed by atoms with Crippen molar-refractivity contribution in [2.24, 2.45) is 5.41 Å². The number of carbonyl (C=O) groups is 2. The van der Waals surface area contributed by atoms with Crippen molar-refractivity contribution in [3.63, 3.8) is 0 Å². The predicted molar refractivity (Wildman–Crippen MR) is 101 cm³/mol. The molecule has 1 saturated carbocycles. The van der Waals surface area contributed by atoms with Crippen LogP contribution in [-0.2, 0) is 20.9 Å². The summed E-state index contributed by atoms with van der Waals surface area (Å²) in [5, 5.41) is 3.53.